The van der Waals surface area contributed by atoms with Crippen LogP contribution in [0.25, 0.3) is 10.2 Å². The van der Waals surface area contributed by atoms with Crippen LogP contribution in [0.2, 0.25) is 0 Å². The third kappa shape index (κ3) is 3.59. The van der Waals surface area contributed by atoms with Gasteiger partial charge in [0.15, 0.2) is 0 Å². The molecular weight excluding hydrogens is 380 g/mol. The molecule has 27 heavy (non-hydrogen) atoms. The molecular formula is C19H28N4O2S2. The molecule has 0 N–H and O–H groups in total. The predicted molar refractivity (Wildman–Crippen MR) is 111 cm³/mol. The summed E-state index contributed by atoms with van der Waals surface area (Å²) in [7, 11) is -3.13. The van der Waals surface area contributed by atoms with Crippen LogP contribution >= 0.6 is 11.3 Å². The summed E-state index contributed by atoms with van der Waals surface area (Å²) in [5.41, 5.74) is 1.44. The minimum atomic E-state index is -3.13. The Balaban J connectivity index is 1.77. The van der Waals surface area contributed by atoms with Gasteiger partial charge in [-0.15, -0.1) is 11.3 Å². The molecule has 148 valence electrons. The zero-order valence-electron chi connectivity index (χ0n) is 16.4. The molecule has 0 unspecified atom stereocenters. The van der Waals surface area contributed by atoms with E-state index in [1.165, 1.54) is 34.9 Å². The Bertz CT molecular complexity index is 946. The maximum absolute atomic E-state index is 11.9. The fraction of sp³-hybridized carbons (Fsp3) is 0.684. The van der Waals surface area contributed by atoms with Crippen molar-refractivity contribution in [3.05, 3.63) is 16.3 Å². The summed E-state index contributed by atoms with van der Waals surface area (Å²) >= 11 is 1.84. The summed E-state index contributed by atoms with van der Waals surface area (Å²) in [6.07, 6.45) is 7.05. The second-order valence-corrected chi connectivity index (χ2v) is 10.8. The summed E-state index contributed by atoms with van der Waals surface area (Å²) in [5, 5.41) is 1.23. The first-order valence-corrected chi connectivity index (χ1v) is 12.6. The van der Waals surface area contributed by atoms with Crippen molar-refractivity contribution in [1.29, 1.82) is 0 Å². The molecule has 8 heteroatoms. The highest BCUT2D eigenvalue weighted by atomic mass is 32.2. The molecule has 0 aromatic carbocycles. The second kappa shape index (κ2) is 7.29. The van der Waals surface area contributed by atoms with Crippen LogP contribution in [-0.4, -0.2) is 55.1 Å². The van der Waals surface area contributed by atoms with Gasteiger partial charge in [0.2, 0.25) is 10.0 Å². The van der Waals surface area contributed by atoms with E-state index in [1.54, 1.807) is 4.31 Å². The minimum absolute atomic E-state index is 0.324. The lowest BCUT2D eigenvalue weighted by Crippen LogP contribution is -2.48. The fourth-order valence-electron chi connectivity index (χ4n) is 4.02. The Hall–Kier alpha value is -1.25. The van der Waals surface area contributed by atoms with Crippen LogP contribution in [-0.2, 0) is 22.9 Å². The lowest BCUT2D eigenvalue weighted by atomic mass is 9.96. The van der Waals surface area contributed by atoms with Crippen molar-refractivity contribution in [1.82, 2.24) is 14.3 Å². The van der Waals surface area contributed by atoms with Gasteiger partial charge in [-0.2, -0.15) is 4.31 Å². The molecule has 4 rings (SSSR count). The number of sulfonamides is 1. The molecule has 0 saturated carbocycles. The Labute approximate surface area is 165 Å². The van der Waals surface area contributed by atoms with E-state index < -0.39 is 10.0 Å². The van der Waals surface area contributed by atoms with Gasteiger partial charge in [-0.25, -0.2) is 18.4 Å². The summed E-state index contributed by atoms with van der Waals surface area (Å²) in [6.45, 7) is 6.76. The average molecular weight is 409 g/mol. The zero-order chi connectivity index (χ0) is 19.2. The molecule has 0 radical (unpaired) electrons. The summed E-state index contributed by atoms with van der Waals surface area (Å²) in [5.74, 6) is 2.27. The molecule has 1 fully saturated rings. The van der Waals surface area contributed by atoms with Gasteiger partial charge in [-0.05, 0) is 37.7 Å². The van der Waals surface area contributed by atoms with Crippen LogP contribution in [0.3, 0.4) is 0 Å². The number of hydrogen-bond acceptors (Lipinski definition) is 6. The maximum atomic E-state index is 11.9. The normalized spacial score (nSPS) is 20.0. The van der Waals surface area contributed by atoms with E-state index in [4.69, 9.17) is 9.97 Å². The van der Waals surface area contributed by atoms with E-state index in [-0.39, 0.29) is 0 Å². The Morgan fingerprint density at radius 3 is 2.48 bits per heavy atom. The van der Waals surface area contributed by atoms with Gasteiger partial charge in [-0.3, -0.25) is 0 Å². The third-order valence-electron chi connectivity index (χ3n) is 5.87. The van der Waals surface area contributed by atoms with Crippen LogP contribution in [0.1, 0.15) is 55.3 Å². The summed E-state index contributed by atoms with van der Waals surface area (Å²) < 4.78 is 25.3. The molecule has 1 saturated heterocycles. The monoisotopic (exact) mass is 408 g/mol. The topological polar surface area (TPSA) is 66.4 Å². The van der Waals surface area contributed by atoms with Crippen LogP contribution in [0, 0.1) is 0 Å². The quantitative estimate of drug-likeness (QED) is 0.777. The molecule has 1 atom stereocenters. The van der Waals surface area contributed by atoms with Gasteiger partial charge in [0.05, 0.1) is 11.6 Å². The van der Waals surface area contributed by atoms with Crippen LogP contribution in [0.5, 0.6) is 0 Å². The van der Waals surface area contributed by atoms with Crippen molar-refractivity contribution in [3.8, 4) is 0 Å². The van der Waals surface area contributed by atoms with Gasteiger partial charge in [0, 0.05) is 37.0 Å². The largest absolute Gasteiger partial charge is 0.353 e. The second-order valence-electron chi connectivity index (χ2n) is 7.75. The van der Waals surface area contributed by atoms with Crippen LogP contribution in [0.15, 0.2) is 0 Å². The van der Waals surface area contributed by atoms with Gasteiger partial charge < -0.3 is 4.90 Å². The number of fused-ring (bicyclic) bond motifs is 3. The van der Waals surface area contributed by atoms with Crippen LogP contribution in [0.4, 0.5) is 5.82 Å². The third-order valence-corrected chi connectivity index (χ3v) is 8.36. The van der Waals surface area contributed by atoms with Crippen molar-refractivity contribution < 1.29 is 8.42 Å². The highest BCUT2D eigenvalue weighted by molar-refractivity contribution is 7.88. The molecule has 3 heterocycles. The number of aryl methyl sites for hydroxylation is 2. The average Bonchev–Trinajstić information content (AvgIpc) is 3.04. The number of rotatable bonds is 4. The highest BCUT2D eigenvalue weighted by Gasteiger charge is 2.28. The molecule has 0 amide bonds. The maximum Gasteiger partial charge on any atom is 0.211 e. The number of nitrogens with zero attached hydrogens (tertiary/aromatic N) is 4. The first-order valence-electron chi connectivity index (χ1n) is 9.90. The molecule has 2 aliphatic rings. The lowest BCUT2D eigenvalue weighted by molar-refractivity contribution is 0.387. The highest BCUT2D eigenvalue weighted by Crippen LogP contribution is 2.40. The zero-order valence-corrected chi connectivity index (χ0v) is 18.0. The SMILES string of the molecule is CC[C@@H](C)c1nc(N2CCN(S(C)(=O)=O)CC2)c2c3c(sc2n1)CCCC3. The number of aromatic nitrogens is 2. The lowest BCUT2D eigenvalue weighted by Gasteiger charge is -2.34. The van der Waals surface area contributed by atoms with Crippen molar-refractivity contribution in [2.45, 2.75) is 51.9 Å². The molecule has 0 spiro atoms. The fourth-order valence-corrected chi connectivity index (χ4v) is 6.11. The molecule has 2 aromatic heterocycles. The van der Waals surface area contributed by atoms with Gasteiger partial charge >= 0.3 is 0 Å². The summed E-state index contributed by atoms with van der Waals surface area (Å²) in [4.78, 5) is 14.8. The number of anilines is 1. The minimum Gasteiger partial charge on any atom is -0.353 e. The molecule has 0 bridgehead atoms. The van der Waals surface area contributed by atoms with Gasteiger partial charge in [0.1, 0.15) is 16.5 Å². The summed E-state index contributed by atoms with van der Waals surface area (Å²) in [6, 6.07) is 0. The Morgan fingerprint density at radius 1 is 1.11 bits per heavy atom. The molecule has 1 aliphatic carbocycles. The van der Waals surface area contributed by atoms with E-state index in [9.17, 15) is 8.42 Å². The first-order chi connectivity index (χ1) is 12.9. The van der Waals surface area contributed by atoms with E-state index in [0.29, 0.717) is 32.1 Å². The van der Waals surface area contributed by atoms with E-state index in [2.05, 4.69) is 18.7 Å². The Kier molecular flexibility index (Phi) is 5.16. The first kappa shape index (κ1) is 19.1. The van der Waals surface area contributed by atoms with Crippen molar-refractivity contribution >= 4 is 37.4 Å². The van der Waals surface area contributed by atoms with Gasteiger partial charge in [0.25, 0.3) is 0 Å². The predicted octanol–water partition coefficient (Wildman–Crippen LogP) is 3.17. The number of hydrogen-bond donors (Lipinski definition) is 0. The molecule has 2 aromatic rings. The van der Waals surface area contributed by atoms with E-state index in [0.717, 1.165) is 35.7 Å². The molecule has 1 aliphatic heterocycles. The smallest absolute Gasteiger partial charge is 0.211 e. The van der Waals surface area contributed by atoms with E-state index >= 15 is 0 Å². The van der Waals surface area contributed by atoms with E-state index in [1.807, 2.05) is 11.3 Å². The van der Waals surface area contributed by atoms with Crippen molar-refractivity contribution in [3.63, 3.8) is 0 Å². The standard InChI is InChI=1S/C19H28N4O2S2/c1-4-13(2)17-20-18(22-9-11-23(12-10-22)27(3,24)25)16-14-7-5-6-8-15(14)26-19(16)21-17/h13H,4-12H2,1-3H3/t13-/m1/s1. The van der Waals surface area contributed by atoms with Gasteiger partial charge in [-0.1, -0.05) is 13.8 Å². The number of piperazine rings is 1. The molecule has 6 nitrogen and oxygen atoms in total. The van der Waals surface area contributed by atoms with Crippen molar-refractivity contribution in [2.24, 2.45) is 0 Å². The Morgan fingerprint density at radius 2 is 1.81 bits per heavy atom. The van der Waals surface area contributed by atoms with Crippen molar-refractivity contribution in [2.75, 3.05) is 37.3 Å². The van der Waals surface area contributed by atoms with Crippen LogP contribution < -0.4 is 4.90 Å². The number of thiophene rings is 1.